The van der Waals surface area contributed by atoms with Gasteiger partial charge in [0.2, 0.25) is 0 Å². The normalized spacial score (nSPS) is 18.5. The van der Waals surface area contributed by atoms with Crippen molar-refractivity contribution >= 4 is 11.5 Å². The molecule has 0 radical (unpaired) electrons. The fraction of sp³-hybridized carbons (Fsp3) is 0.538. The summed E-state index contributed by atoms with van der Waals surface area (Å²) in [6.07, 6.45) is 3.87. The molecule has 1 saturated heterocycles. The van der Waals surface area contributed by atoms with E-state index < -0.39 is 0 Å². The van der Waals surface area contributed by atoms with Crippen LogP contribution in [0.4, 0.5) is 5.69 Å². The summed E-state index contributed by atoms with van der Waals surface area (Å²) in [5.41, 5.74) is 7.13. The Balaban J connectivity index is 2.21. The third kappa shape index (κ3) is 2.96. The summed E-state index contributed by atoms with van der Waals surface area (Å²) in [6, 6.07) is 4.29. The maximum atomic E-state index is 8.84. The largest absolute Gasteiger partial charge is 0.409 e. The molecule has 19 heavy (non-hydrogen) atoms. The van der Waals surface area contributed by atoms with Gasteiger partial charge in [-0.15, -0.1) is 0 Å². The molecule has 1 aromatic rings. The van der Waals surface area contributed by atoms with Gasteiger partial charge in [-0.1, -0.05) is 5.16 Å². The van der Waals surface area contributed by atoms with Crippen molar-refractivity contribution in [3.63, 3.8) is 0 Å². The average molecular weight is 263 g/mol. The minimum Gasteiger partial charge on any atom is -0.409 e. The summed E-state index contributed by atoms with van der Waals surface area (Å²) in [5.74, 6) is 0.0513. The average Bonchev–Trinajstić information content (AvgIpc) is 2.46. The summed E-state index contributed by atoms with van der Waals surface area (Å²) in [7, 11) is 4.18. The van der Waals surface area contributed by atoms with Gasteiger partial charge in [-0.05, 0) is 45.1 Å². The van der Waals surface area contributed by atoms with Crippen molar-refractivity contribution in [3.05, 3.63) is 24.0 Å². The number of hydrogen-bond donors (Lipinski definition) is 2. The first kappa shape index (κ1) is 13.6. The second-order valence-electron chi connectivity index (χ2n) is 5.00. The maximum Gasteiger partial charge on any atom is 0.190 e. The van der Waals surface area contributed by atoms with Crippen molar-refractivity contribution in [1.29, 1.82) is 0 Å². The lowest BCUT2D eigenvalue weighted by atomic mass is 10.0. The number of piperidine rings is 1. The van der Waals surface area contributed by atoms with Gasteiger partial charge in [0.05, 0.1) is 5.69 Å². The lowest BCUT2D eigenvalue weighted by molar-refractivity contribution is 0.253. The molecular formula is C13H21N5O. The Morgan fingerprint density at radius 3 is 2.84 bits per heavy atom. The lowest BCUT2D eigenvalue weighted by Gasteiger charge is -2.36. The van der Waals surface area contributed by atoms with Gasteiger partial charge >= 0.3 is 0 Å². The number of nitrogens with two attached hydrogens (primary N) is 1. The molecule has 2 heterocycles. The molecule has 0 bridgehead atoms. The zero-order valence-electron chi connectivity index (χ0n) is 11.5. The third-order valence-corrected chi connectivity index (χ3v) is 3.75. The minimum atomic E-state index is 0.0513. The van der Waals surface area contributed by atoms with Gasteiger partial charge in [-0.25, -0.2) is 0 Å². The molecule has 0 aliphatic carbocycles. The van der Waals surface area contributed by atoms with Gasteiger partial charge in [-0.2, -0.15) is 0 Å². The fourth-order valence-electron chi connectivity index (χ4n) is 2.51. The molecule has 6 nitrogen and oxygen atoms in total. The predicted octanol–water partition coefficient (Wildman–Crippen LogP) is 0.707. The zero-order valence-corrected chi connectivity index (χ0v) is 11.5. The van der Waals surface area contributed by atoms with Crippen LogP contribution < -0.4 is 10.6 Å². The summed E-state index contributed by atoms with van der Waals surface area (Å²) in [5, 5.41) is 11.9. The highest BCUT2D eigenvalue weighted by atomic mass is 16.4. The molecule has 1 aliphatic rings. The standard InChI is InChI=1S/C13H21N5O/c1-17-8-5-10(6-9-17)18(2)11-4-3-7-15-12(11)13(14)16-19/h3-4,7,10,19H,5-6,8-9H2,1-2H3,(H2,14,16). The fourth-order valence-corrected chi connectivity index (χ4v) is 2.51. The van der Waals surface area contributed by atoms with Gasteiger partial charge in [-0.3, -0.25) is 4.98 Å². The number of nitrogens with zero attached hydrogens (tertiary/aromatic N) is 4. The molecule has 3 N–H and O–H groups in total. The molecule has 0 atom stereocenters. The van der Waals surface area contributed by atoms with Crippen LogP contribution in [0.1, 0.15) is 18.5 Å². The van der Waals surface area contributed by atoms with Gasteiger partial charge in [0.15, 0.2) is 5.84 Å². The first-order valence-electron chi connectivity index (χ1n) is 6.47. The number of anilines is 1. The van der Waals surface area contributed by atoms with E-state index in [1.165, 1.54) is 0 Å². The van der Waals surface area contributed by atoms with Crippen LogP contribution >= 0.6 is 0 Å². The lowest BCUT2D eigenvalue weighted by Crippen LogP contribution is -2.42. The van der Waals surface area contributed by atoms with Crippen LogP contribution in [0.2, 0.25) is 0 Å². The van der Waals surface area contributed by atoms with Crippen LogP contribution in [0.5, 0.6) is 0 Å². The molecule has 0 spiro atoms. The topological polar surface area (TPSA) is 78.0 Å². The van der Waals surface area contributed by atoms with E-state index in [2.05, 4.69) is 27.0 Å². The quantitative estimate of drug-likeness (QED) is 0.363. The summed E-state index contributed by atoms with van der Waals surface area (Å²) >= 11 is 0. The second-order valence-corrected chi connectivity index (χ2v) is 5.00. The maximum absolute atomic E-state index is 8.84. The Kier molecular flexibility index (Phi) is 4.21. The molecular weight excluding hydrogens is 242 g/mol. The summed E-state index contributed by atoms with van der Waals surface area (Å²) < 4.78 is 0. The molecule has 0 unspecified atom stereocenters. The molecule has 0 aromatic carbocycles. The zero-order chi connectivity index (χ0) is 13.8. The van der Waals surface area contributed by atoms with Crippen LogP contribution in [0.25, 0.3) is 0 Å². The SMILES string of the molecule is CN1CCC(N(C)c2cccnc2/C(N)=N/O)CC1. The Morgan fingerprint density at radius 1 is 1.53 bits per heavy atom. The highest BCUT2D eigenvalue weighted by Crippen LogP contribution is 2.23. The van der Waals surface area contributed by atoms with E-state index in [9.17, 15) is 0 Å². The van der Waals surface area contributed by atoms with Crippen molar-refractivity contribution < 1.29 is 5.21 Å². The number of oxime groups is 1. The van der Waals surface area contributed by atoms with Gasteiger partial charge in [0.1, 0.15) is 5.69 Å². The van der Waals surface area contributed by atoms with Crippen molar-refractivity contribution in [1.82, 2.24) is 9.88 Å². The molecule has 0 amide bonds. The van der Waals surface area contributed by atoms with Gasteiger partial charge in [0, 0.05) is 19.3 Å². The van der Waals surface area contributed by atoms with Crippen LogP contribution in [-0.4, -0.2) is 54.2 Å². The number of rotatable bonds is 3. The smallest absolute Gasteiger partial charge is 0.190 e. The highest BCUT2D eigenvalue weighted by Gasteiger charge is 2.23. The van der Waals surface area contributed by atoms with Crippen LogP contribution in [-0.2, 0) is 0 Å². The predicted molar refractivity (Wildman–Crippen MR) is 75.7 cm³/mol. The first-order valence-corrected chi connectivity index (χ1v) is 6.47. The molecule has 1 aromatic heterocycles. The Labute approximate surface area is 113 Å². The number of pyridine rings is 1. The van der Waals surface area contributed by atoms with E-state index in [4.69, 9.17) is 10.9 Å². The molecule has 2 rings (SSSR count). The van der Waals surface area contributed by atoms with Crippen molar-refractivity contribution in [2.24, 2.45) is 10.9 Å². The molecule has 1 aliphatic heterocycles. The third-order valence-electron chi connectivity index (χ3n) is 3.75. The Bertz CT molecular complexity index is 454. The van der Waals surface area contributed by atoms with Crippen LogP contribution in [0, 0.1) is 0 Å². The molecule has 1 fully saturated rings. The van der Waals surface area contributed by atoms with E-state index in [0.29, 0.717) is 11.7 Å². The number of likely N-dealkylation sites (tertiary alicyclic amines) is 1. The number of amidine groups is 1. The molecule has 6 heteroatoms. The monoisotopic (exact) mass is 263 g/mol. The summed E-state index contributed by atoms with van der Waals surface area (Å²) in [4.78, 5) is 8.73. The molecule has 104 valence electrons. The van der Waals surface area contributed by atoms with E-state index in [0.717, 1.165) is 31.6 Å². The first-order chi connectivity index (χ1) is 9.13. The number of aromatic nitrogens is 1. The summed E-state index contributed by atoms with van der Waals surface area (Å²) in [6.45, 7) is 2.18. The van der Waals surface area contributed by atoms with Crippen molar-refractivity contribution in [2.75, 3.05) is 32.1 Å². The van der Waals surface area contributed by atoms with E-state index in [1.807, 2.05) is 19.2 Å². The van der Waals surface area contributed by atoms with E-state index in [1.54, 1.807) is 6.20 Å². The Hall–Kier alpha value is -1.82. The van der Waals surface area contributed by atoms with E-state index >= 15 is 0 Å². The van der Waals surface area contributed by atoms with Gasteiger partial charge < -0.3 is 20.7 Å². The highest BCUT2D eigenvalue weighted by molar-refractivity contribution is 6.00. The van der Waals surface area contributed by atoms with Gasteiger partial charge in [0.25, 0.3) is 0 Å². The molecule has 0 saturated carbocycles. The van der Waals surface area contributed by atoms with Crippen molar-refractivity contribution in [3.8, 4) is 0 Å². The van der Waals surface area contributed by atoms with Crippen LogP contribution in [0.3, 0.4) is 0 Å². The van der Waals surface area contributed by atoms with Crippen molar-refractivity contribution in [2.45, 2.75) is 18.9 Å². The second kappa shape index (κ2) is 5.88. The minimum absolute atomic E-state index is 0.0513. The Morgan fingerprint density at radius 2 is 2.21 bits per heavy atom. The number of hydrogen-bond acceptors (Lipinski definition) is 5. The van der Waals surface area contributed by atoms with E-state index in [-0.39, 0.29) is 5.84 Å². The van der Waals surface area contributed by atoms with Crippen LogP contribution in [0.15, 0.2) is 23.5 Å².